The number of allylic oxidation sites excluding steroid dienone is 1. The summed E-state index contributed by atoms with van der Waals surface area (Å²) in [6.45, 7) is 0. The van der Waals surface area contributed by atoms with Crippen molar-refractivity contribution >= 4 is 29.3 Å². The average Bonchev–Trinajstić information content (AvgIpc) is 2.60. The third-order valence-electron chi connectivity index (χ3n) is 3.94. The summed E-state index contributed by atoms with van der Waals surface area (Å²) < 4.78 is 79.6. The molecule has 1 unspecified atom stereocenters. The summed E-state index contributed by atoms with van der Waals surface area (Å²) in [5, 5.41) is 19.4. The van der Waals surface area contributed by atoms with Gasteiger partial charge in [-0.1, -0.05) is 35.9 Å². The van der Waals surface area contributed by atoms with Gasteiger partial charge in [-0.15, -0.1) is 0 Å². The highest BCUT2D eigenvalue weighted by molar-refractivity contribution is 6.32. The molecule has 0 saturated carbocycles. The molecule has 0 spiro atoms. The van der Waals surface area contributed by atoms with E-state index in [-0.39, 0.29) is 10.6 Å². The van der Waals surface area contributed by atoms with E-state index in [0.717, 1.165) is 24.3 Å². The zero-order valence-corrected chi connectivity index (χ0v) is 15.2. The number of hydrogen-bond acceptors (Lipinski definition) is 3. The molecular formula is C18H10ClF6NO4. The monoisotopic (exact) mass is 453 g/mol. The van der Waals surface area contributed by atoms with E-state index in [4.69, 9.17) is 16.7 Å². The van der Waals surface area contributed by atoms with Crippen molar-refractivity contribution < 1.29 is 41.2 Å². The van der Waals surface area contributed by atoms with Gasteiger partial charge in [0.25, 0.3) is 5.69 Å². The molecule has 2 rings (SSSR count). The zero-order valence-electron chi connectivity index (χ0n) is 14.5. The second kappa shape index (κ2) is 8.34. The van der Waals surface area contributed by atoms with Gasteiger partial charge in [0.15, 0.2) is 0 Å². The Labute approximate surface area is 169 Å². The fourth-order valence-electron chi connectivity index (χ4n) is 2.57. The second-order valence-corrected chi connectivity index (χ2v) is 6.36. The third kappa shape index (κ3) is 5.29. The van der Waals surface area contributed by atoms with Crippen LogP contribution in [0.5, 0.6) is 0 Å². The highest BCUT2D eigenvalue weighted by Crippen LogP contribution is 2.39. The van der Waals surface area contributed by atoms with Gasteiger partial charge >= 0.3 is 18.3 Å². The fraction of sp³-hybridized carbons (Fsp3) is 0.167. The molecular weight excluding hydrogens is 444 g/mol. The molecule has 1 atom stereocenters. The minimum absolute atomic E-state index is 0.343. The number of aromatic carboxylic acids is 1. The van der Waals surface area contributed by atoms with Gasteiger partial charge in [0.2, 0.25) is 0 Å². The molecule has 0 aromatic heterocycles. The first-order valence-corrected chi connectivity index (χ1v) is 8.23. The summed E-state index contributed by atoms with van der Waals surface area (Å²) in [7, 11) is 0. The number of rotatable bonds is 5. The molecule has 12 heteroatoms. The Balaban J connectivity index is 2.52. The van der Waals surface area contributed by atoms with Gasteiger partial charge in [-0.25, -0.2) is 4.79 Å². The van der Waals surface area contributed by atoms with Gasteiger partial charge in [-0.3, -0.25) is 10.1 Å². The quantitative estimate of drug-likeness (QED) is 0.326. The van der Waals surface area contributed by atoms with E-state index < -0.39 is 51.5 Å². The van der Waals surface area contributed by atoms with Crippen LogP contribution in [0, 0.1) is 10.1 Å². The first kappa shape index (κ1) is 23.2. The lowest BCUT2D eigenvalue weighted by molar-refractivity contribution is -0.384. The first-order valence-electron chi connectivity index (χ1n) is 7.85. The largest absolute Gasteiger partial charge is 0.478 e. The van der Waals surface area contributed by atoms with Crippen LogP contribution in [0.25, 0.3) is 6.08 Å². The van der Waals surface area contributed by atoms with Crippen molar-refractivity contribution in [3.05, 3.63) is 79.9 Å². The highest BCUT2D eigenvalue weighted by atomic mass is 35.5. The molecule has 0 heterocycles. The molecule has 0 radical (unpaired) electrons. The molecule has 0 aliphatic heterocycles. The number of halogens is 7. The minimum Gasteiger partial charge on any atom is -0.478 e. The predicted molar refractivity (Wildman–Crippen MR) is 94.3 cm³/mol. The van der Waals surface area contributed by atoms with Crippen molar-refractivity contribution in [3.63, 3.8) is 0 Å². The standard InChI is InChI=1S/C18H10ClF6NO4/c19-14-6-3-10(8-15(14)26(29)30)12(17(20,21)22)5-2-9-1-4-11(16(27)28)13(7-9)18(23,24)25/h1-8,12H,(H,27,28)/b5-2+. The molecule has 30 heavy (non-hydrogen) atoms. The number of nitro benzene ring substituents is 1. The van der Waals surface area contributed by atoms with Crippen LogP contribution in [0.2, 0.25) is 5.02 Å². The van der Waals surface area contributed by atoms with Gasteiger partial charge in [-0.05, 0) is 29.3 Å². The maximum absolute atomic E-state index is 13.5. The molecule has 0 aliphatic carbocycles. The van der Waals surface area contributed by atoms with Crippen LogP contribution in [0.4, 0.5) is 32.0 Å². The van der Waals surface area contributed by atoms with E-state index in [1.165, 1.54) is 0 Å². The van der Waals surface area contributed by atoms with Crippen molar-refractivity contribution in [1.82, 2.24) is 0 Å². The van der Waals surface area contributed by atoms with E-state index in [1.807, 2.05) is 0 Å². The molecule has 0 bridgehead atoms. The van der Waals surface area contributed by atoms with Crippen LogP contribution in [0.3, 0.4) is 0 Å². The topological polar surface area (TPSA) is 80.4 Å². The molecule has 0 amide bonds. The van der Waals surface area contributed by atoms with E-state index in [2.05, 4.69) is 0 Å². The normalized spacial score (nSPS) is 13.4. The number of nitro groups is 1. The van der Waals surface area contributed by atoms with Crippen LogP contribution in [0.1, 0.15) is 33.0 Å². The average molecular weight is 454 g/mol. The van der Waals surface area contributed by atoms with Crippen LogP contribution >= 0.6 is 11.6 Å². The van der Waals surface area contributed by atoms with Crippen molar-refractivity contribution in [3.8, 4) is 0 Å². The predicted octanol–water partition coefficient (Wildman–Crippen LogP) is 6.32. The van der Waals surface area contributed by atoms with Crippen LogP contribution < -0.4 is 0 Å². The molecule has 0 fully saturated rings. The molecule has 160 valence electrons. The molecule has 2 aromatic carbocycles. The summed E-state index contributed by atoms with van der Waals surface area (Å²) >= 11 is 5.59. The molecule has 0 saturated heterocycles. The molecule has 0 aliphatic rings. The maximum atomic E-state index is 13.5. The zero-order chi connectivity index (χ0) is 22.9. The minimum atomic E-state index is -5.04. The van der Waals surface area contributed by atoms with Gasteiger partial charge < -0.3 is 5.11 Å². The number of carboxylic acids is 1. The lowest BCUT2D eigenvalue weighted by atomic mass is 9.95. The Morgan fingerprint density at radius 1 is 1.10 bits per heavy atom. The second-order valence-electron chi connectivity index (χ2n) is 5.95. The van der Waals surface area contributed by atoms with E-state index in [1.54, 1.807) is 0 Å². The summed E-state index contributed by atoms with van der Waals surface area (Å²) in [6, 6.07) is 4.38. The van der Waals surface area contributed by atoms with Crippen molar-refractivity contribution in [1.29, 1.82) is 0 Å². The maximum Gasteiger partial charge on any atom is 0.417 e. The van der Waals surface area contributed by atoms with Gasteiger partial charge in [-0.2, -0.15) is 26.3 Å². The summed E-state index contributed by atoms with van der Waals surface area (Å²) in [5.41, 5.74) is -4.23. The Morgan fingerprint density at radius 3 is 2.23 bits per heavy atom. The highest BCUT2D eigenvalue weighted by Gasteiger charge is 2.40. The Kier molecular flexibility index (Phi) is 6.45. The van der Waals surface area contributed by atoms with Gasteiger partial charge in [0.1, 0.15) is 5.02 Å². The smallest absolute Gasteiger partial charge is 0.417 e. The lowest BCUT2D eigenvalue weighted by Gasteiger charge is -2.17. The SMILES string of the molecule is O=C(O)c1ccc(/C=C/C(c2ccc(Cl)c([N+](=O)[O-])c2)C(F)(F)F)cc1C(F)(F)F. The third-order valence-corrected chi connectivity index (χ3v) is 4.26. The number of hydrogen-bond donors (Lipinski definition) is 1. The molecule has 2 aromatic rings. The van der Waals surface area contributed by atoms with Crippen molar-refractivity contribution in [2.45, 2.75) is 18.3 Å². The Morgan fingerprint density at radius 2 is 1.73 bits per heavy atom. The van der Waals surface area contributed by atoms with Gasteiger partial charge in [0, 0.05) is 6.07 Å². The van der Waals surface area contributed by atoms with Gasteiger partial charge in [0.05, 0.1) is 22.0 Å². The summed E-state index contributed by atoms with van der Waals surface area (Å²) in [4.78, 5) is 20.9. The van der Waals surface area contributed by atoms with Crippen molar-refractivity contribution in [2.24, 2.45) is 0 Å². The number of carbonyl (C=O) groups is 1. The van der Waals surface area contributed by atoms with E-state index >= 15 is 0 Å². The number of alkyl halides is 6. The summed E-state index contributed by atoms with van der Waals surface area (Å²) in [6.07, 6.45) is -8.73. The lowest BCUT2D eigenvalue weighted by Crippen LogP contribution is -2.19. The first-order chi connectivity index (χ1) is 13.7. The van der Waals surface area contributed by atoms with Crippen molar-refractivity contribution in [2.75, 3.05) is 0 Å². The van der Waals surface area contributed by atoms with Crippen LogP contribution in [-0.4, -0.2) is 22.2 Å². The van der Waals surface area contributed by atoms with Crippen LogP contribution in [-0.2, 0) is 6.18 Å². The van der Waals surface area contributed by atoms with E-state index in [0.29, 0.717) is 24.3 Å². The Hall–Kier alpha value is -3.08. The molecule has 1 N–H and O–H groups in total. The number of nitrogens with zero attached hydrogens (tertiary/aromatic N) is 1. The number of benzene rings is 2. The molecule has 5 nitrogen and oxygen atoms in total. The van der Waals surface area contributed by atoms with Crippen LogP contribution in [0.15, 0.2) is 42.5 Å². The summed E-state index contributed by atoms with van der Waals surface area (Å²) in [5.74, 6) is -4.23. The Bertz CT molecular complexity index is 1020. The fourth-order valence-corrected chi connectivity index (χ4v) is 2.75. The number of carboxylic acid groups (broad SMARTS) is 1. The van der Waals surface area contributed by atoms with E-state index in [9.17, 15) is 41.3 Å².